The fourth-order valence-electron chi connectivity index (χ4n) is 2.00. The molecule has 0 amide bonds. The van der Waals surface area contributed by atoms with E-state index in [4.69, 9.17) is 10.4 Å². The second-order valence-corrected chi connectivity index (χ2v) is 4.09. The quantitative estimate of drug-likeness (QED) is 0.698. The molecule has 1 rings (SSSR count). The summed E-state index contributed by atoms with van der Waals surface area (Å²) in [5.74, 6) is -0.855. The van der Waals surface area contributed by atoms with Gasteiger partial charge in [-0.25, -0.2) is 0 Å². The summed E-state index contributed by atoms with van der Waals surface area (Å²) in [6.07, 6.45) is 4.32. The minimum atomic E-state index is -0.670. The van der Waals surface area contributed by atoms with Crippen molar-refractivity contribution in [3.8, 4) is 6.07 Å². The molecule has 4 heteroatoms. The van der Waals surface area contributed by atoms with Crippen molar-refractivity contribution < 1.29 is 9.90 Å². The maximum atomic E-state index is 10.8. The molecule has 1 heterocycles. The molecule has 0 aromatic rings. The van der Waals surface area contributed by atoms with Gasteiger partial charge in [0.15, 0.2) is 0 Å². The van der Waals surface area contributed by atoms with E-state index in [1.54, 1.807) is 0 Å². The molecule has 1 atom stereocenters. The van der Waals surface area contributed by atoms with Gasteiger partial charge in [-0.1, -0.05) is 0 Å². The third-order valence-electron chi connectivity index (χ3n) is 2.87. The van der Waals surface area contributed by atoms with Gasteiger partial charge in [-0.15, -0.1) is 0 Å². The number of aliphatic carboxylic acids is 1. The predicted molar refractivity (Wildman–Crippen MR) is 56.3 cm³/mol. The maximum Gasteiger partial charge on any atom is 0.307 e. The Kier molecular flexibility index (Phi) is 5.13. The summed E-state index contributed by atoms with van der Waals surface area (Å²) in [4.78, 5) is 13.0. The number of hydrogen-bond donors (Lipinski definition) is 1. The third kappa shape index (κ3) is 4.30. The zero-order valence-electron chi connectivity index (χ0n) is 8.98. The van der Waals surface area contributed by atoms with Gasteiger partial charge < -0.3 is 10.0 Å². The summed E-state index contributed by atoms with van der Waals surface area (Å²) >= 11 is 0. The normalized spacial score (nSPS) is 22.2. The highest BCUT2D eigenvalue weighted by Gasteiger charge is 2.24. The molecule has 1 aliphatic heterocycles. The van der Waals surface area contributed by atoms with Gasteiger partial charge in [-0.3, -0.25) is 4.79 Å². The minimum Gasteiger partial charge on any atom is -0.481 e. The highest BCUT2D eigenvalue weighted by Crippen LogP contribution is 2.16. The van der Waals surface area contributed by atoms with Crippen LogP contribution in [0.4, 0.5) is 0 Å². The number of carboxylic acid groups (broad SMARTS) is 1. The summed E-state index contributed by atoms with van der Waals surface area (Å²) in [5, 5.41) is 17.3. The Labute approximate surface area is 90.5 Å². The second-order valence-electron chi connectivity index (χ2n) is 4.09. The van der Waals surface area contributed by atoms with Crippen LogP contribution < -0.4 is 0 Å². The molecule has 0 aromatic carbocycles. The first kappa shape index (κ1) is 12.0. The molecule has 0 bridgehead atoms. The lowest BCUT2D eigenvalue weighted by Gasteiger charge is -2.30. The molecule has 0 spiro atoms. The Hall–Kier alpha value is -1.08. The van der Waals surface area contributed by atoms with Gasteiger partial charge >= 0.3 is 5.97 Å². The zero-order chi connectivity index (χ0) is 11.1. The molecule has 1 unspecified atom stereocenters. The van der Waals surface area contributed by atoms with Gasteiger partial charge in [-0.2, -0.15) is 5.26 Å². The summed E-state index contributed by atoms with van der Waals surface area (Å²) in [6, 6.07) is 2.12. The average molecular weight is 210 g/mol. The standard InChI is InChI=1S/C11H18N2O2/c12-6-2-1-3-7-13-8-4-5-10(9-13)11(14)15/h10H,1-5,7-9H2,(H,14,15). The predicted octanol–water partition coefficient (Wildman–Crippen LogP) is 1.48. The number of hydrogen-bond acceptors (Lipinski definition) is 3. The van der Waals surface area contributed by atoms with Crippen molar-refractivity contribution in [2.24, 2.45) is 5.92 Å². The van der Waals surface area contributed by atoms with Crippen LogP contribution in [-0.2, 0) is 4.79 Å². The molecule has 84 valence electrons. The smallest absolute Gasteiger partial charge is 0.307 e. The number of rotatable bonds is 5. The topological polar surface area (TPSA) is 64.3 Å². The van der Waals surface area contributed by atoms with E-state index in [2.05, 4.69) is 11.0 Å². The van der Waals surface area contributed by atoms with Gasteiger partial charge in [-0.05, 0) is 38.8 Å². The van der Waals surface area contributed by atoms with Crippen LogP contribution in [0.15, 0.2) is 0 Å². The number of nitrogens with zero attached hydrogens (tertiary/aromatic N) is 2. The van der Waals surface area contributed by atoms with E-state index in [1.807, 2.05) is 0 Å². The summed E-state index contributed by atoms with van der Waals surface area (Å²) in [5.41, 5.74) is 0. The molecule has 0 aromatic heterocycles. The molecular formula is C11H18N2O2. The van der Waals surface area contributed by atoms with Crippen LogP contribution in [0.5, 0.6) is 0 Å². The van der Waals surface area contributed by atoms with Crippen molar-refractivity contribution in [3.63, 3.8) is 0 Å². The van der Waals surface area contributed by atoms with Crippen LogP contribution >= 0.6 is 0 Å². The number of unbranched alkanes of at least 4 members (excludes halogenated alkanes) is 2. The second kappa shape index (κ2) is 6.41. The lowest BCUT2D eigenvalue weighted by atomic mass is 9.98. The summed E-state index contributed by atoms with van der Waals surface area (Å²) in [7, 11) is 0. The van der Waals surface area contributed by atoms with Crippen LogP contribution in [-0.4, -0.2) is 35.6 Å². The summed E-state index contributed by atoms with van der Waals surface area (Å²) in [6.45, 7) is 2.63. The zero-order valence-corrected chi connectivity index (χ0v) is 8.98. The SMILES string of the molecule is N#CCCCCN1CCCC(C(=O)O)C1. The van der Waals surface area contributed by atoms with Crippen LogP contribution in [0.2, 0.25) is 0 Å². The van der Waals surface area contributed by atoms with Gasteiger partial charge in [0.1, 0.15) is 0 Å². The fourth-order valence-corrected chi connectivity index (χ4v) is 2.00. The molecule has 0 radical (unpaired) electrons. The van der Waals surface area contributed by atoms with Crippen molar-refractivity contribution >= 4 is 5.97 Å². The van der Waals surface area contributed by atoms with Gasteiger partial charge in [0.2, 0.25) is 0 Å². The van der Waals surface area contributed by atoms with Crippen molar-refractivity contribution in [1.82, 2.24) is 4.90 Å². The molecular weight excluding hydrogens is 192 g/mol. The van der Waals surface area contributed by atoms with Crippen LogP contribution in [0.3, 0.4) is 0 Å². The fraction of sp³-hybridized carbons (Fsp3) is 0.818. The van der Waals surface area contributed by atoms with Crippen LogP contribution in [0.1, 0.15) is 32.1 Å². The number of carbonyl (C=O) groups is 1. The lowest BCUT2D eigenvalue weighted by molar-refractivity contribution is -0.143. The Morgan fingerprint density at radius 1 is 1.53 bits per heavy atom. The molecule has 4 nitrogen and oxygen atoms in total. The van der Waals surface area contributed by atoms with E-state index < -0.39 is 5.97 Å². The highest BCUT2D eigenvalue weighted by molar-refractivity contribution is 5.70. The molecule has 1 saturated heterocycles. The van der Waals surface area contributed by atoms with Gasteiger partial charge in [0, 0.05) is 13.0 Å². The van der Waals surface area contributed by atoms with Gasteiger partial charge in [0.05, 0.1) is 12.0 Å². The molecule has 1 N–H and O–H groups in total. The number of carboxylic acids is 1. The molecule has 0 saturated carbocycles. The molecule has 1 fully saturated rings. The number of likely N-dealkylation sites (tertiary alicyclic amines) is 1. The van der Waals surface area contributed by atoms with Crippen molar-refractivity contribution in [3.05, 3.63) is 0 Å². The first-order chi connectivity index (χ1) is 7.24. The van der Waals surface area contributed by atoms with Crippen molar-refractivity contribution in [2.75, 3.05) is 19.6 Å². The third-order valence-corrected chi connectivity index (χ3v) is 2.87. The Morgan fingerprint density at radius 2 is 2.33 bits per heavy atom. The van der Waals surface area contributed by atoms with Gasteiger partial charge in [0.25, 0.3) is 0 Å². The van der Waals surface area contributed by atoms with E-state index >= 15 is 0 Å². The van der Waals surface area contributed by atoms with Crippen molar-refractivity contribution in [2.45, 2.75) is 32.1 Å². The highest BCUT2D eigenvalue weighted by atomic mass is 16.4. The summed E-state index contributed by atoms with van der Waals surface area (Å²) < 4.78 is 0. The minimum absolute atomic E-state index is 0.185. The average Bonchev–Trinajstić information content (AvgIpc) is 2.25. The molecule has 15 heavy (non-hydrogen) atoms. The lowest BCUT2D eigenvalue weighted by Crippen LogP contribution is -2.39. The van der Waals surface area contributed by atoms with E-state index in [1.165, 1.54) is 0 Å². The first-order valence-corrected chi connectivity index (χ1v) is 5.56. The molecule has 1 aliphatic rings. The van der Waals surface area contributed by atoms with E-state index in [0.717, 1.165) is 38.8 Å². The number of nitriles is 1. The largest absolute Gasteiger partial charge is 0.481 e. The van der Waals surface area contributed by atoms with Crippen LogP contribution in [0, 0.1) is 17.2 Å². The van der Waals surface area contributed by atoms with Crippen molar-refractivity contribution in [1.29, 1.82) is 5.26 Å². The van der Waals surface area contributed by atoms with Crippen LogP contribution in [0.25, 0.3) is 0 Å². The molecule has 0 aliphatic carbocycles. The van der Waals surface area contributed by atoms with E-state index in [9.17, 15) is 4.79 Å². The van der Waals surface area contributed by atoms with E-state index in [-0.39, 0.29) is 5.92 Å². The maximum absolute atomic E-state index is 10.8. The Bertz CT molecular complexity index is 247. The van der Waals surface area contributed by atoms with E-state index in [0.29, 0.717) is 13.0 Å². The number of piperidine rings is 1. The first-order valence-electron chi connectivity index (χ1n) is 5.56. The Morgan fingerprint density at radius 3 is 3.00 bits per heavy atom. The Balaban J connectivity index is 2.19. The monoisotopic (exact) mass is 210 g/mol.